The molecule has 1 N–H and O–H groups in total. The summed E-state index contributed by atoms with van der Waals surface area (Å²) in [5.74, 6) is 0. The van der Waals surface area contributed by atoms with Crippen molar-refractivity contribution in [3.63, 3.8) is 0 Å². The summed E-state index contributed by atoms with van der Waals surface area (Å²) in [5.41, 5.74) is 2.64. The summed E-state index contributed by atoms with van der Waals surface area (Å²) in [5, 5.41) is 2.75. The van der Waals surface area contributed by atoms with Crippen molar-refractivity contribution in [2.75, 3.05) is 14.1 Å². The highest BCUT2D eigenvalue weighted by Crippen LogP contribution is 1.69. The summed E-state index contributed by atoms with van der Waals surface area (Å²) in [7, 11) is 3.75. The lowest BCUT2D eigenvalue weighted by Crippen LogP contribution is -1.89. The van der Waals surface area contributed by atoms with Crippen molar-refractivity contribution in [3.8, 4) is 0 Å². The van der Waals surface area contributed by atoms with Crippen LogP contribution in [0.15, 0.2) is 18.4 Å². The maximum atomic E-state index is 3.37. The second-order valence-corrected chi connectivity index (χ2v) is 1.32. The van der Waals surface area contributed by atoms with Crippen molar-refractivity contribution in [1.82, 2.24) is 5.32 Å². The average Bonchev–Trinajstić information content (AvgIpc) is 1.71. The van der Waals surface area contributed by atoms with Crippen LogP contribution in [0.2, 0.25) is 0 Å². The lowest BCUT2D eigenvalue weighted by atomic mass is 10.5. The van der Waals surface area contributed by atoms with E-state index in [1.807, 2.05) is 20.2 Å². The number of allylic oxidation sites excluding steroid dienone is 1. The molecule has 0 saturated heterocycles. The van der Waals surface area contributed by atoms with Crippen molar-refractivity contribution in [2.45, 2.75) is 13.3 Å². The second-order valence-electron chi connectivity index (χ2n) is 1.32. The molecule has 1 nitrogen and oxygen atoms in total. The molecular weight excluding hydrogens is 98.1 g/mol. The van der Waals surface area contributed by atoms with Gasteiger partial charge in [-0.2, -0.15) is 0 Å². The number of rotatable bonds is 1. The highest BCUT2D eigenvalue weighted by Gasteiger charge is 1.49. The highest BCUT2D eigenvalue weighted by atomic mass is 14.7. The van der Waals surface area contributed by atoms with E-state index in [1.54, 1.807) is 0 Å². The molecule has 0 rings (SSSR count). The highest BCUT2D eigenvalue weighted by molar-refractivity contribution is 4.72. The molecule has 0 aromatic carbocycles. The van der Waals surface area contributed by atoms with Gasteiger partial charge in [0.2, 0.25) is 0 Å². The summed E-state index contributed by atoms with van der Waals surface area (Å²) in [4.78, 5) is 0. The first kappa shape index (κ1) is 10.5. The van der Waals surface area contributed by atoms with Crippen LogP contribution in [0, 0.1) is 0 Å². The molecule has 0 atom stereocenters. The van der Waals surface area contributed by atoms with Crippen molar-refractivity contribution >= 4 is 0 Å². The normalized spacial score (nSPS) is 5.88. The van der Waals surface area contributed by atoms with E-state index in [0.29, 0.717) is 0 Å². The zero-order valence-corrected chi connectivity index (χ0v) is 5.99. The fourth-order valence-electron chi connectivity index (χ4n) is 0.144. The molecule has 0 aliphatic carbocycles. The van der Waals surface area contributed by atoms with Crippen LogP contribution in [0.4, 0.5) is 0 Å². The van der Waals surface area contributed by atoms with Gasteiger partial charge in [-0.05, 0) is 26.6 Å². The van der Waals surface area contributed by atoms with E-state index in [4.69, 9.17) is 0 Å². The van der Waals surface area contributed by atoms with Crippen LogP contribution in [0.5, 0.6) is 0 Å². The Morgan fingerprint density at radius 1 is 1.62 bits per heavy atom. The molecule has 0 aromatic rings. The largest absolute Gasteiger partial charge is 0.323 e. The lowest BCUT2D eigenvalue weighted by Gasteiger charge is -1.59. The number of hydrogen-bond donors (Lipinski definition) is 1. The van der Waals surface area contributed by atoms with Gasteiger partial charge in [-0.25, -0.2) is 0 Å². The van der Waals surface area contributed by atoms with Gasteiger partial charge in [0.15, 0.2) is 0 Å². The molecule has 0 saturated carbocycles. The third-order valence-electron chi connectivity index (χ3n) is 0.348. The molecule has 0 radical (unpaired) electrons. The summed E-state index contributed by atoms with van der Waals surface area (Å²) in [6.45, 7) is 5.42. The van der Waals surface area contributed by atoms with Crippen LogP contribution in [0.25, 0.3) is 0 Å². The zero-order chi connectivity index (χ0) is 6.83. The molecule has 0 heterocycles. The Bertz CT molecular complexity index is 60.8. The van der Waals surface area contributed by atoms with Crippen molar-refractivity contribution in [3.05, 3.63) is 18.4 Å². The quantitative estimate of drug-likeness (QED) is 0.509. The summed E-state index contributed by atoms with van der Waals surface area (Å²) >= 11 is 0. The Morgan fingerprint density at radius 3 is 2.00 bits per heavy atom. The van der Waals surface area contributed by atoms with Crippen LogP contribution >= 0.6 is 0 Å². The fourth-order valence-corrected chi connectivity index (χ4v) is 0.144. The van der Waals surface area contributed by atoms with E-state index in [2.05, 4.69) is 24.6 Å². The van der Waals surface area contributed by atoms with Crippen LogP contribution in [-0.2, 0) is 0 Å². The Labute approximate surface area is 52.1 Å². The topological polar surface area (TPSA) is 12.0 Å². The molecule has 0 unspecified atom stereocenters. The molecule has 0 fully saturated rings. The van der Waals surface area contributed by atoms with Gasteiger partial charge >= 0.3 is 0 Å². The molecule has 0 aliphatic heterocycles. The molecule has 8 heavy (non-hydrogen) atoms. The fraction of sp³-hybridized carbons (Fsp3) is 0.571. The minimum atomic E-state index is 1.05. The molecule has 0 amide bonds. The third kappa shape index (κ3) is 50.2. The molecule has 0 aliphatic rings. The van der Waals surface area contributed by atoms with Crippen molar-refractivity contribution in [1.29, 1.82) is 0 Å². The summed E-state index contributed by atoms with van der Waals surface area (Å²) in [6, 6.07) is 0. The Morgan fingerprint density at radius 2 is 2.00 bits per heavy atom. The SMILES string of the molecule is C=C=CCC.CNC. The molecule has 48 valence electrons. The van der Waals surface area contributed by atoms with E-state index in [0.717, 1.165) is 6.42 Å². The van der Waals surface area contributed by atoms with Gasteiger partial charge in [0, 0.05) is 0 Å². The van der Waals surface area contributed by atoms with Crippen LogP contribution in [-0.4, -0.2) is 14.1 Å². The predicted octanol–water partition coefficient (Wildman–Crippen LogP) is 1.57. The van der Waals surface area contributed by atoms with E-state index >= 15 is 0 Å². The maximum absolute atomic E-state index is 3.37. The Kier molecular flexibility index (Phi) is 21.0. The lowest BCUT2D eigenvalue weighted by molar-refractivity contribution is 1.02. The van der Waals surface area contributed by atoms with Gasteiger partial charge in [0.25, 0.3) is 0 Å². The monoisotopic (exact) mass is 113 g/mol. The summed E-state index contributed by atoms with van der Waals surface area (Å²) in [6.07, 6.45) is 2.93. The minimum absolute atomic E-state index is 1.05. The van der Waals surface area contributed by atoms with Gasteiger partial charge in [-0.15, -0.1) is 5.73 Å². The van der Waals surface area contributed by atoms with Crippen molar-refractivity contribution in [2.24, 2.45) is 0 Å². The van der Waals surface area contributed by atoms with Crippen LogP contribution < -0.4 is 5.32 Å². The molecular formula is C7H15N. The second kappa shape index (κ2) is 16.1. The first-order valence-electron chi connectivity index (χ1n) is 2.76. The molecule has 1 heteroatoms. The van der Waals surface area contributed by atoms with E-state index in [-0.39, 0.29) is 0 Å². The maximum Gasteiger partial charge on any atom is -0.0167 e. The number of hydrogen-bond acceptors (Lipinski definition) is 1. The smallest absolute Gasteiger partial charge is 0.0167 e. The van der Waals surface area contributed by atoms with Gasteiger partial charge in [-0.3, -0.25) is 0 Å². The summed E-state index contributed by atoms with van der Waals surface area (Å²) < 4.78 is 0. The number of nitrogens with one attached hydrogen (secondary N) is 1. The van der Waals surface area contributed by atoms with Crippen molar-refractivity contribution < 1.29 is 0 Å². The minimum Gasteiger partial charge on any atom is -0.323 e. The zero-order valence-electron chi connectivity index (χ0n) is 5.99. The standard InChI is InChI=1S/C5H8.C2H7N/c1-3-5-4-2;1-3-2/h5H,1,4H2,2H3;3H,1-2H3. The Hall–Kier alpha value is -0.520. The molecule has 0 spiro atoms. The molecule has 0 aromatic heterocycles. The van der Waals surface area contributed by atoms with E-state index in [1.165, 1.54) is 0 Å². The van der Waals surface area contributed by atoms with Gasteiger partial charge < -0.3 is 5.32 Å². The first-order valence-corrected chi connectivity index (χ1v) is 2.76. The first-order chi connectivity index (χ1) is 3.83. The third-order valence-corrected chi connectivity index (χ3v) is 0.348. The molecule has 0 bridgehead atoms. The van der Waals surface area contributed by atoms with Crippen LogP contribution in [0.1, 0.15) is 13.3 Å². The predicted molar refractivity (Wildman–Crippen MR) is 39.0 cm³/mol. The van der Waals surface area contributed by atoms with Crippen LogP contribution in [0.3, 0.4) is 0 Å². The van der Waals surface area contributed by atoms with Gasteiger partial charge in [-0.1, -0.05) is 13.5 Å². The van der Waals surface area contributed by atoms with E-state index in [9.17, 15) is 0 Å². The van der Waals surface area contributed by atoms with E-state index < -0.39 is 0 Å². The average molecular weight is 113 g/mol. The Balaban J connectivity index is 0. The van der Waals surface area contributed by atoms with Gasteiger partial charge in [0.1, 0.15) is 0 Å². The van der Waals surface area contributed by atoms with Gasteiger partial charge in [0.05, 0.1) is 0 Å².